The molecule has 3 heteroatoms. The molecule has 12 heavy (non-hydrogen) atoms. The van der Waals surface area contributed by atoms with E-state index in [-0.39, 0.29) is 0 Å². The third-order valence-corrected chi connectivity index (χ3v) is 1.57. The zero-order valence-electron chi connectivity index (χ0n) is 6.96. The van der Waals surface area contributed by atoms with Crippen LogP contribution in [0, 0.1) is 11.3 Å². The number of hydrogen-bond acceptors (Lipinski definition) is 3. The molecular formula is C9H11N3. The number of benzene rings is 1. The van der Waals surface area contributed by atoms with Gasteiger partial charge in [-0.3, -0.25) is 0 Å². The maximum atomic E-state index is 8.72. The zero-order valence-corrected chi connectivity index (χ0v) is 6.96. The first-order valence-electron chi connectivity index (χ1n) is 3.82. The van der Waals surface area contributed by atoms with E-state index in [9.17, 15) is 0 Å². The van der Waals surface area contributed by atoms with Gasteiger partial charge in [0.05, 0.1) is 16.9 Å². The predicted octanol–water partition coefficient (Wildman–Crippen LogP) is 1.57. The number of nitriles is 1. The number of hydrogen-bond donors (Lipinski definition) is 2. The van der Waals surface area contributed by atoms with Crippen LogP contribution >= 0.6 is 0 Å². The average molecular weight is 161 g/mol. The molecule has 3 N–H and O–H groups in total. The van der Waals surface area contributed by atoms with Crippen molar-refractivity contribution in [2.75, 3.05) is 17.6 Å². The Morgan fingerprint density at radius 3 is 2.92 bits per heavy atom. The zero-order chi connectivity index (χ0) is 8.97. The van der Waals surface area contributed by atoms with E-state index in [1.54, 1.807) is 18.2 Å². The normalized spacial score (nSPS) is 9.00. The Morgan fingerprint density at radius 2 is 2.33 bits per heavy atom. The van der Waals surface area contributed by atoms with Crippen LogP contribution in [0.15, 0.2) is 18.2 Å². The van der Waals surface area contributed by atoms with Crippen molar-refractivity contribution in [2.45, 2.75) is 6.92 Å². The monoisotopic (exact) mass is 161 g/mol. The predicted molar refractivity (Wildman–Crippen MR) is 49.7 cm³/mol. The smallest absolute Gasteiger partial charge is 0.101 e. The Kier molecular flexibility index (Phi) is 2.54. The van der Waals surface area contributed by atoms with Crippen LogP contribution in [0.2, 0.25) is 0 Å². The molecule has 0 heterocycles. The molecule has 1 aromatic carbocycles. The highest BCUT2D eigenvalue weighted by Gasteiger charge is 2.02. The Balaban J connectivity index is 3.13. The molecule has 3 nitrogen and oxygen atoms in total. The number of rotatable bonds is 2. The molecule has 1 rings (SSSR count). The van der Waals surface area contributed by atoms with Gasteiger partial charge in [0.25, 0.3) is 0 Å². The summed E-state index contributed by atoms with van der Waals surface area (Å²) in [5.41, 5.74) is 7.62. The Bertz CT molecular complexity index is 312. The summed E-state index contributed by atoms with van der Waals surface area (Å²) >= 11 is 0. The minimum atomic E-state index is 0.594. The summed E-state index contributed by atoms with van der Waals surface area (Å²) in [5.74, 6) is 0. The molecule has 0 saturated heterocycles. The van der Waals surface area contributed by atoms with Gasteiger partial charge >= 0.3 is 0 Å². The standard InChI is InChI=1S/C9H11N3/c1-2-12-9-7(6-10)4-3-5-8(9)11/h3-5,12H,2,11H2,1H3. The van der Waals surface area contributed by atoms with E-state index in [4.69, 9.17) is 11.0 Å². The van der Waals surface area contributed by atoms with E-state index in [1.807, 2.05) is 6.92 Å². The van der Waals surface area contributed by atoms with E-state index >= 15 is 0 Å². The lowest BCUT2D eigenvalue weighted by Gasteiger charge is -2.07. The third-order valence-electron chi connectivity index (χ3n) is 1.57. The number of anilines is 2. The Hall–Kier alpha value is -1.69. The van der Waals surface area contributed by atoms with Crippen molar-refractivity contribution in [1.29, 1.82) is 5.26 Å². The third kappa shape index (κ3) is 1.48. The van der Waals surface area contributed by atoms with Crippen molar-refractivity contribution < 1.29 is 0 Å². The van der Waals surface area contributed by atoms with Gasteiger partial charge in [-0.2, -0.15) is 5.26 Å². The van der Waals surface area contributed by atoms with E-state index in [1.165, 1.54) is 0 Å². The molecular weight excluding hydrogens is 150 g/mol. The van der Waals surface area contributed by atoms with Crippen LogP contribution in [0.25, 0.3) is 0 Å². The number of nitrogen functional groups attached to an aromatic ring is 1. The first kappa shape index (κ1) is 8.41. The van der Waals surface area contributed by atoms with Gasteiger partial charge in [0.15, 0.2) is 0 Å². The summed E-state index contributed by atoms with van der Waals surface area (Å²) in [5, 5.41) is 11.8. The molecule has 0 unspecified atom stereocenters. The summed E-state index contributed by atoms with van der Waals surface area (Å²) in [4.78, 5) is 0. The maximum Gasteiger partial charge on any atom is 0.101 e. The van der Waals surface area contributed by atoms with Crippen molar-refractivity contribution in [3.8, 4) is 6.07 Å². The van der Waals surface area contributed by atoms with Crippen LogP contribution in [-0.2, 0) is 0 Å². The van der Waals surface area contributed by atoms with Crippen molar-refractivity contribution in [2.24, 2.45) is 0 Å². The van der Waals surface area contributed by atoms with Crippen molar-refractivity contribution in [3.05, 3.63) is 23.8 Å². The van der Waals surface area contributed by atoms with Crippen LogP contribution in [0.3, 0.4) is 0 Å². The van der Waals surface area contributed by atoms with E-state index in [0.29, 0.717) is 11.3 Å². The van der Waals surface area contributed by atoms with Gasteiger partial charge in [0.2, 0.25) is 0 Å². The van der Waals surface area contributed by atoms with Crippen molar-refractivity contribution >= 4 is 11.4 Å². The summed E-state index contributed by atoms with van der Waals surface area (Å²) < 4.78 is 0. The van der Waals surface area contributed by atoms with Gasteiger partial charge in [-0.05, 0) is 19.1 Å². The molecule has 0 aliphatic heterocycles. The highest BCUT2D eigenvalue weighted by Crippen LogP contribution is 2.21. The molecule has 0 bridgehead atoms. The van der Waals surface area contributed by atoms with Crippen LogP contribution in [0.1, 0.15) is 12.5 Å². The largest absolute Gasteiger partial charge is 0.397 e. The topological polar surface area (TPSA) is 61.8 Å². The van der Waals surface area contributed by atoms with Crippen molar-refractivity contribution in [3.63, 3.8) is 0 Å². The molecule has 0 saturated carbocycles. The molecule has 62 valence electrons. The molecule has 0 spiro atoms. The van der Waals surface area contributed by atoms with Gasteiger partial charge in [-0.15, -0.1) is 0 Å². The number of nitrogens with one attached hydrogen (secondary N) is 1. The molecule has 0 amide bonds. The number of para-hydroxylation sites is 1. The van der Waals surface area contributed by atoms with Crippen molar-refractivity contribution in [1.82, 2.24) is 0 Å². The molecule has 0 aliphatic rings. The molecule has 0 atom stereocenters. The van der Waals surface area contributed by atoms with Crippen LogP contribution in [-0.4, -0.2) is 6.54 Å². The number of nitrogens with zero attached hydrogens (tertiary/aromatic N) is 1. The second-order valence-electron chi connectivity index (χ2n) is 2.41. The van der Waals surface area contributed by atoms with E-state index < -0.39 is 0 Å². The average Bonchev–Trinajstić information content (AvgIpc) is 2.09. The summed E-state index contributed by atoms with van der Waals surface area (Å²) in [7, 11) is 0. The molecule has 0 aliphatic carbocycles. The van der Waals surface area contributed by atoms with Gasteiger partial charge in [0, 0.05) is 6.54 Å². The van der Waals surface area contributed by atoms with E-state index in [0.717, 1.165) is 12.2 Å². The van der Waals surface area contributed by atoms with Gasteiger partial charge in [-0.25, -0.2) is 0 Å². The number of nitrogens with two attached hydrogens (primary N) is 1. The first-order chi connectivity index (χ1) is 5.79. The van der Waals surface area contributed by atoms with Crippen LogP contribution in [0.5, 0.6) is 0 Å². The van der Waals surface area contributed by atoms with E-state index in [2.05, 4.69) is 11.4 Å². The Morgan fingerprint density at radius 1 is 1.58 bits per heavy atom. The second-order valence-corrected chi connectivity index (χ2v) is 2.41. The lowest BCUT2D eigenvalue weighted by atomic mass is 10.1. The summed E-state index contributed by atoms with van der Waals surface area (Å²) in [6.07, 6.45) is 0. The highest BCUT2D eigenvalue weighted by molar-refractivity contribution is 5.73. The fourth-order valence-corrected chi connectivity index (χ4v) is 1.04. The minimum absolute atomic E-state index is 0.594. The molecule has 1 aromatic rings. The first-order valence-corrected chi connectivity index (χ1v) is 3.82. The molecule has 0 fully saturated rings. The van der Waals surface area contributed by atoms with Gasteiger partial charge < -0.3 is 11.1 Å². The summed E-state index contributed by atoms with van der Waals surface area (Å²) in [6.45, 7) is 2.73. The fraction of sp³-hybridized carbons (Fsp3) is 0.222. The van der Waals surface area contributed by atoms with Gasteiger partial charge in [-0.1, -0.05) is 6.07 Å². The highest BCUT2D eigenvalue weighted by atomic mass is 14.9. The molecule has 0 aromatic heterocycles. The SMILES string of the molecule is CCNc1c(N)cccc1C#N. The fourth-order valence-electron chi connectivity index (χ4n) is 1.04. The quantitative estimate of drug-likeness (QED) is 0.647. The summed E-state index contributed by atoms with van der Waals surface area (Å²) in [6, 6.07) is 7.37. The lowest BCUT2D eigenvalue weighted by Crippen LogP contribution is -2.02. The minimum Gasteiger partial charge on any atom is -0.397 e. The van der Waals surface area contributed by atoms with Gasteiger partial charge in [0.1, 0.15) is 6.07 Å². The van der Waals surface area contributed by atoms with Crippen LogP contribution in [0.4, 0.5) is 11.4 Å². The maximum absolute atomic E-state index is 8.72. The van der Waals surface area contributed by atoms with Crippen LogP contribution < -0.4 is 11.1 Å². The second kappa shape index (κ2) is 3.63. The Labute approximate surface area is 71.8 Å². The molecule has 0 radical (unpaired) electrons. The lowest BCUT2D eigenvalue weighted by molar-refractivity contribution is 1.21.